The summed E-state index contributed by atoms with van der Waals surface area (Å²) in [6.45, 7) is 1.82. The Morgan fingerprint density at radius 2 is 2.20 bits per heavy atom. The second kappa shape index (κ2) is 4.59. The Balaban J connectivity index is 2.90. The van der Waals surface area contributed by atoms with Gasteiger partial charge in [-0.25, -0.2) is 4.39 Å². The standard InChI is InChI=1S/C11H13FN2O/c1-7-5-10(13)9(12)6-8(7)3-2-4-11(14)15/h2-3,5-6H,4,13H2,1H3,(H2,14,15). The molecule has 0 aliphatic heterocycles. The third kappa shape index (κ3) is 3.09. The zero-order valence-corrected chi connectivity index (χ0v) is 8.46. The van der Waals surface area contributed by atoms with Crippen molar-refractivity contribution in [2.45, 2.75) is 13.3 Å². The lowest BCUT2D eigenvalue weighted by Crippen LogP contribution is -2.07. The molecule has 0 aliphatic carbocycles. The van der Waals surface area contributed by atoms with Crippen LogP contribution in [0.25, 0.3) is 6.08 Å². The van der Waals surface area contributed by atoms with E-state index in [0.29, 0.717) is 5.56 Å². The van der Waals surface area contributed by atoms with Crippen LogP contribution in [0.5, 0.6) is 0 Å². The van der Waals surface area contributed by atoms with Crippen LogP contribution in [0.1, 0.15) is 17.5 Å². The van der Waals surface area contributed by atoms with Crippen molar-refractivity contribution in [3.05, 3.63) is 35.2 Å². The van der Waals surface area contributed by atoms with Gasteiger partial charge in [-0.3, -0.25) is 4.79 Å². The summed E-state index contributed by atoms with van der Waals surface area (Å²) >= 11 is 0. The van der Waals surface area contributed by atoms with Gasteiger partial charge in [-0.1, -0.05) is 12.2 Å². The molecular formula is C11H13FN2O. The molecule has 1 amide bonds. The fourth-order valence-corrected chi connectivity index (χ4v) is 1.20. The van der Waals surface area contributed by atoms with Crippen molar-refractivity contribution in [3.63, 3.8) is 0 Å². The normalized spacial score (nSPS) is 10.8. The van der Waals surface area contributed by atoms with E-state index in [2.05, 4.69) is 0 Å². The van der Waals surface area contributed by atoms with Gasteiger partial charge >= 0.3 is 0 Å². The van der Waals surface area contributed by atoms with Gasteiger partial charge in [0.1, 0.15) is 5.82 Å². The molecule has 0 atom stereocenters. The van der Waals surface area contributed by atoms with Gasteiger partial charge in [0.05, 0.1) is 5.69 Å². The van der Waals surface area contributed by atoms with E-state index < -0.39 is 11.7 Å². The largest absolute Gasteiger partial charge is 0.396 e. The van der Waals surface area contributed by atoms with Gasteiger partial charge < -0.3 is 11.5 Å². The van der Waals surface area contributed by atoms with Gasteiger partial charge in [-0.15, -0.1) is 0 Å². The highest BCUT2D eigenvalue weighted by Crippen LogP contribution is 2.18. The number of anilines is 1. The molecule has 0 spiro atoms. The second-order valence-electron chi connectivity index (χ2n) is 3.30. The summed E-state index contributed by atoms with van der Waals surface area (Å²) in [5, 5.41) is 0. The Morgan fingerprint density at radius 1 is 1.53 bits per heavy atom. The number of carbonyl (C=O) groups is 1. The molecule has 3 nitrogen and oxygen atoms in total. The average Bonchev–Trinajstić information content (AvgIpc) is 2.13. The molecule has 0 heterocycles. The van der Waals surface area contributed by atoms with Crippen molar-refractivity contribution in [1.82, 2.24) is 0 Å². The van der Waals surface area contributed by atoms with Crippen LogP contribution in [-0.4, -0.2) is 5.91 Å². The van der Waals surface area contributed by atoms with Crippen molar-refractivity contribution < 1.29 is 9.18 Å². The number of hydrogen-bond donors (Lipinski definition) is 2. The predicted molar refractivity (Wildman–Crippen MR) is 58.4 cm³/mol. The van der Waals surface area contributed by atoms with Crippen LogP contribution < -0.4 is 11.5 Å². The third-order valence-electron chi connectivity index (χ3n) is 2.00. The molecule has 0 fully saturated rings. The van der Waals surface area contributed by atoms with Crippen LogP contribution in [0.3, 0.4) is 0 Å². The van der Waals surface area contributed by atoms with Gasteiger partial charge in [-0.2, -0.15) is 0 Å². The lowest BCUT2D eigenvalue weighted by atomic mass is 10.1. The molecule has 0 aromatic heterocycles. The summed E-state index contributed by atoms with van der Waals surface area (Å²) in [7, 11) is 0. The van der Waals surface area contributed by atoms with Crippen molar-refractivity contribution >= 4 is 17.7 Å². The summed E-state index contributed by atoms with van der Waals surface area (Å²) in [5.41, 5.74) is 12.0. The smallest absolute Gasteiger partial charge is 0.221 e. The highest BCUT2D eigenvalue weighted by molar-refractivity contribution is 5.76. The minimum atomic E-state index is -0.459. The Morgan fingerprint density at radius 3 is 2.80 bits per heavy atom. The van der Waals surface area contributed by atoms with Crippen LogP contribution in [-0.2, 0) is 4.79 Å². The van der Waals surface area contributed by atoms with Gasteiger partial charge in [0.2, 0.25) is 5.91 Å². The Hall–Kier alpha value is -1.84. The molecule has 0 aliphatic rings. The maximum absolute atomic E-state index is 13.1. The molecular weight excluding hydrogens is 195 g/mol. The third-order valence-corrected chi connectivity index (χ3v) is 2.00. The van der Waals surface area contributed by atoms with Crippen LogP contribution in [0.4, 0.5) is 10.1 Å². The molecule has 0 unspecified atom stereocenters. The first-order valence-electron chi connectivity index (χ1n) is 4.51. The number of primary amides is 1. The number of nitrogens with two attached hydrogens (primary N) is 2. The maximum Gasteiger partial charge on any atom is 0.221 e. The highest BCUT2D eigenvalue weighted by atomic mass is 19.1. The summed E-state index contributed by atoms with van der Waals surface area (Å²) in [6, 6.07) is 2.89. The average molecular weight is 208 g/mol. The second-order valence-corrected chi connectivity index (χ2v) is 3.30. The van der Waals surface area contributed by atoms with E-state index in [1.807, 2.05) is 6.92 Å². The van der Waals surface area contributed by atoms with Crippen molar-refractivity contribution in [2.24, 2.45) is 5.73 Å². The first-order valence-corrected chi connectivity index (χ1v) is 4.51. The fourth-order valence-electron chi connectivity index (χ4n) is 1.20. The van der Waals surface area contributed by atoms with E-state index in [0.717, 1.165) is 5.56 Å². The Bertz CT molecular complexity index is 413. The number of halogens is 1. The lowest BCUT2D eigenvalue weighted by Gasteiger charge is -2.03. The number of nitrogen functional groups attached to an aromatic ring is 1. The van der Waals surface area contributed by atoms with E-state index in [1.54, 1.807) is 18.2 Å². The molecule has 0 radical (unpaired) electrons. The maximum atomic E-state index is 13.1. The topological polar surface area (TPSA) is 69.1 Å². The number of carbonyl (C=O) groups excluding carboxylic acids is 1. The fraction of sp³-hybridized carbons (Fsp3) is 0.182. The number of rotatable bonds is 3. The summed E-state index contributed by atoms with van der Waals surface area (Å²) in [6.07, 6.45) is 3.40. The quantitative estimate of drug-likeness (QED) is 0.741. The number of amides is 1. The first-order chi connectivity index (χ1) is 7.00. The molecule has 0 saturated carbocycles. The van der Waals surface area contributed by atoms with Crippen LogP contribution in [0.15, 0.2) is 18.2 Å². The van der Waals surface area contributed by atoms with E-state index in [1.165, 1.54) is 6.07 Å². The summed E-state index contributed by atoms with van der Waals surface area (Å²) in [5.74, 6) is -0.876. The van der Waals surface area contributed by atoms with Crippen molar-refractivity contribution in [1.29, 1.82) is 0 Å². The van der Waals surface area contributed by atoms with Gasteiger partial charge in [0.25, 0.3) is 0 Å². The molecule has 0 bridgehead atoms. The van der Waals surface area contributed by atoms with Crippen LogP contribution in [0, 0.1) is 12.7 Å². The molecule has 4 heteroatoms. The minimum absolute atomic E-state index is 0.125. The Labute approximate surface area is 87.6 Å². The predicted octanol–water partition coefficient (Wildman–Crippen LogP) is 1.60. The zero-order chi connectivity index (χ0) is 11.4. The molecule has 4 N–H and O–H groups in total. The van der Waals surface area contributed by atoms with Crippen LogP contribution in [0.2, 0.25) is 0 Å². The SMILES string of the molecule is Cc1cc(N)c(F)cc1C=CCC(N)=O. The van der Waals surface area contributed by atoms with E-state index in [9.17, 15) is 9.18 Å². The van der Waals surface area contributed by atoms with Crippen LogP contribution >= 0.6 is 0 Å². The van der Waals surface area contributed by atoms with Crippen molar-refractivity contribution in [2.75, 3.05) is 5.73 Å². The van der Waals surface area contributed by atoms with Gasteiger partial charge in [0.15, 0.2) is 0 Å². The number of hydrogen-bond acceptors (Lipinski definition) is 2. The highest BCUT2D eigenvalue weighted by Gasteiger charge is 2.01. The first kappa shape index (κ1) is 11.2. The minimum Gasteiger partial charge on any atom is -0.396 e. The molecule has 15 heavy (non-hydrogen) atoms. The van der Waals surface area contributed by atoms with Crippen molar-refractivity contribution in [3.8, 4) is 0 Å². The van der Waals surface area contributed by atoms with Gasteiger partial charge in [-0.05, 0) is 30.2 Å². The monoisotopic (exact) mass is 208 g/mol. The van der Waals surface area contributed by atoms with E-state index in [-0.39, 0.29) is 12.1 Å². The summed E-state index contributed by atoms with van der Waals surface area (Å²) < 4.78 is 13.1. The molecule has 1 aromatic carbocycles. The number of benzene rings is 1. The Kier molecular flexibility index (Phi) is 3.44. The zero-order valence-electron chi connectivity index (χ0n) is 8.46. The lowest BCUT2D eigenvalue weighted by molar-refractivity contribution is -0.117. The summed E-state index contributed by atoms with van der Waals surface area (Å²) in [4.78, 5) is 10.5. The molecule has 1 rings (SSSR count). The molecule has 0 saturated heterocycles. The molecule has 80 valence electrons. The van der Waals surface area contributed by atoms with E-state index >= 15 is 0 Å². The molecule has 1 aromatic rings. The van der Waals surface area contributed by atoms with E-state index in [4.69, 9.17) is 11.5 Å². The van der Waals surface area contributed by atoms with Gasteiger partial charge in [0, 0.05) is 6.42 Å². The number of aryl methyl sites for hydroxylation is 1.